The number of likely N-dealkylation sites (N-methyl/N-ethyl adjacent to an activating group) is 1. The Morgan fingerprint density at radius 1 is 0.833 bits per heavy atom. The van der Waals surface area contributed by atoms with E-state index in [-0.39, 0.29) is 23.6 Å². The van der Waals surface area contributed by atoms with E-state index in [1.165, 1.54) is 0 Å². The largest absolute Gasteiger partial charge is 0.353 e. The summed E-state index contributed by atoms with van der Waals surface area (Å²) in [6, 6.07) is 27.3. The van der Waals surface area contributed by atoms with Crippen LogP contribution in [-0.2, 0) is 27.2 Å². The molecular formula is C35H38N4O3. The third kappa shape index (κ3) is 5.88. The van der Waals surface area contributed by atoms with Crippen LogP contribution in [0.5, 0.6) is 0 Å². The van der Waals surface area contributed by atoms with Gasteiger partial charge in [0.2, 0.25) is 17.7 Å². The molecule has 0 bridgehead atoms. The number of amides is 3. The second kappa shape index (κ2) is 12.3. The Morgan fingerprint density at radius 3 is 2.10 bits per heavy atom. The first kappa shape index (κ1) is 27.9. The molecular weight excluding hydrogens is 524 g/mol. The Labute approximate surface area is 246 Å². The fraction of sp³-hybridized carbons (Fsp3) is 0.343. The Morgan fingerprint density at radius 2 is 1.43 bits per heavy atom. The maximum absolute atomic E-state index is 14.5. The fourth-order valence-corrected chi connectivity index (χ4v) is 6.45. The maximum Gasteiger partial charge on any atom is 0.246 e. The van der Waals surface area contributed by atoms with Crippen molar-refractivity contribution >= 4 is 39.3 Å². The summed E-state index contributed by atoms with van der Waals surface area (Å²) in [5, 5.41) is 10.8. The summed E-state index contributed by atoms with van der Waals surface area (Å²) < 4.78 is 0. The second-order valence-corrected chi connectivity index (χ2v) is 11.6. The average molecular weight is 563 g/mol. The van der Waals surface area contributed by atoms with Gasteiger partial charge in [0.1, 0.15) is 12.1 Å². The molecule has 4 aromatic carbocycles. The number of fused-ring (bicyclic) bond motifs is 2. The zero-order chi connectivity index (χ0) is 29.1. The van der Waals surface area contributed by atoms with Crippen LogP contribution in [0.1, 0.15) is 24.0 Å². The van der Waals surface area contributed by atoms with Crippen LogP contribution >= 0.6 is 0 Å². The van der Waals surface area contributed by atoms with Crippen LogP contribution in [0.3, 0.4) is 0 Å². The Kier molecular flexibility index (Phi) is 8.20. The number of piperazine rings is 1. The minimum Gasteiger partial charge on any atom is -0.353 e. The summed E-state index contributed by atoms with van der Waals surface area (Å²) in [6.45, 7) is 2.40. The number of carbonyl (C=O) groups excluding carboxylic acids is 3. The van der Waals surface area contributed by atoms with Crippen molar-refractivity contribution in [2.45, 2.75) is 37.8 Å². The van der Waals surface area contributed by atoms with Crippen molar-refractivity contribution in [2.24, 2.45) is 5.92 Å². The summed E-state index contributed by atoms with van der Waals surface area (Å²) in [5.41, 5.74) is 1.99. The molecule has 0 radical (unpaired) electrons. The summed E-state index contributed by atoms with van der Waals surface area (Å²) in [5.74, 6) is -0.433. The van der Waals surface area contributed by atoms with Crippen LogP contribution in [0, 0.1) is 5.92 Å². The molecule has 4 aromatic rings. The van der Waals surface area contributed by atoms with Gasteiger partial charge in [0.05, 0.1) is 0 Å². The molecule has 2 N–H and O–H groups in total. The van der Waals surface area contributed by atoms with Gasteiger partial charge in [-0.25, -0.2) is 0 Å². The van der Waals surface area contributed by atoms with Gasteiger partial charge < -0.3 is 20.4 Å². The predicted molar refractivity (Wildman–Crippen MR) is 166 cm³/mol. The van der Waals surface area contributed by atoms with Crippen molar-refractivity contribution in [1.29, 1.82) is 0 Å². The molecule has 2 aliphatic rings. The molecule has 7 heteroatoms. The summed E-state index contributed by atoms with van der Waals surface area (Å²) in [6.07, 6.45) is 2.32. The van der Waals surface area contributed by atoms with Crippen molar-refractivity contribution in [3.8, 4) is 0 Å². The Balaban J connectivity index is 1.30. The number of piperidine rings is 1. The highest BCUT2D eigenvalue weighted by atomic mass is 16.2. The first-order chi connectivity index (χ1) is 20.5. The number of rotatable bonds is 7. The number of benzene rings is 4. The molecule has 0 aliphatic carbocycles. The molecule has 2 saturated heterocycles. The standard InChI is InChI=1S/C35H38N4O3/c1-38(34(41)28-14-16-36-17-15-28)32(23-25-11-13-27-7-3-5-9-30(27)21-25)35(42)39-19-18-37-33(40)31(39)22-24-10-12-26-6-2-4-8-29(26)20-24/h2-13,20-21,28,31-32,36H,14-19,22-23H2,1H3,(H,37,40)/t31-,32-/m1/s1. The third-order valence-corrected chi connectivity index (χ3v) is 8.89. The monoisotopic (exact) mass is 562 g/mol. The first-order valence-electron chi connectivity index (χ1n) is 15.0. The SMILES string of the molecule is CN(C(=O)C1CCNCC1)[C@H](Cc1ccc2ccccc2c1)C(=O)N1CCNC(=O)[C@H]1Cc1ccc2ccccc2c1. The van der Waals surface area contributed by atoms with Gasteiger partial charge in [-0.3, -0.25) is 14.4 Å². The van der Waals surface area contributed by atoms with E-state index in [0.29, 0.717) is 25.9 Å². The van der Waals surface area contributed by atoms with E-state index in [2.05, 4.69) is 59.2 Å². The smallest absolute Gasteiger partial charge is 0.246 e. The van der Waals surface area contributed by atoms with Crippen molar-refractivity contribution in [3.63, 3.8) is 0 Å². The van der Waals surface area contributed by atoms with E-state index in [0.717, 1.165) is 58.6 Å². The lowest BCUT2D eigenvalue weighted by Gasteiger charge is -2.40. The topological polar surface area (TPSA) is 81.8 Å². The number of carbonyl (C=O) groups is 3. The third-order valence-electron chi connectivity index (χ3n) is 8.89. The summed E-state index contributed by atoms with van der Waals surface area (Å²) in [4.78, 5) is 44.9. The molecule has 2 atom stereocenters. The zero-order valence-corrected chi connectivity index (χ0v) is 24.1. The lowest BCUT2D eigenvalue weighted by molar-refractivity contribution is -0.152. The van der Waals surface area contributed by atoms with Crippen LogP contribution in [0.4, 0.5) is 0 Å². The fourth-order valence-electron chi connectivity index (χ4n) is 6.45. The highest BCUT2D eigenvalue weighted by Crippen LogP contribution is 2.24. The lowest BCUT2D eigenvalue weighted by Crippen LogP contribution is -2.62. The van der Waals surface area contributed by atoms with Gasteiger partial charge in [-0.05, 0) is 58.6 Å². The molecule has 216 valence electrons. The van der Waals surface area contributed by atoms with E-state index in [1.54, 1.807) is 16.8 Å². The molecule has 0 saturated carbocycles. The van der Waals surface area contributed by atoms with Gasteiger partial charge in [0.15, 0.2) is 0 Å². The van der Waals surface area contributed by atoms with E-state index in [4.69, 9.17) is 0 Å². The molecule has 42 heavy (non-hydrogen) atoms. The Bertz CT molecular complexity index is 1610. The lowest BCUT2D eigenvalue weighted by atomic mass is 9.93. The summed E-state index contributed by atoms with van der Waals surface area (Å²) >= 11 is 0. The van der Waals surface area contributed by atoms with Crippen molar-refractivity contribution in [2.75, 3.05) is 33.2 Å². The van der Waals surface area contributed by atoms with Gasteiger partial charge in [-0.15, -0.1) is 0 Å². The Hall–Kier alpha value is -4.23. The number of hydrogen-bond donors (Lipinski definition) is 2. The van der Waals surface area contributed by atoms with E-state index < -0.39 is 12.1 Å². The highest BCUT2D eigenvalue weighted by Gasteiger charge is 2.40. The first-order valence-corrected chi connectivity index (χ1v) is 15.0. The maximum atomic E-state index is 14.5. The van der Waals surface area contributed by atoms with Crippen LogP contribution in [-0.4, -0.2) is 72.8 Å². The minimum atomic E-state index is -0.710. The van der Waals surface area contributed by atoms with Gasteiger partial charge in [0.25, 0.3) is 0 Å². The molecule has 0 unspecified atom stereocenters. The normalized spacial score (nSPS) is 18.5. The van der Waals surface area contributed by atoms with Crippen molar-refractivity contribution < 1.29 is 14.4 Å². The van der Waals surface area contributed by atoms with Crippen molar-refractivity contribution in [1.82, 2.24) is 20.4 Å². The van der Waals surface area contributed by atoms with E-state index in [9.17, 15) is 14.4 Å². The molecule has 0 aromatic heterocycles. The number of nitrogens with zero attached hydrogens (tertiary/aromatic N) is 2. The van der Waals surface area contributed by atoms with Gasteiger partial charge >= 0.3 is 0 Å². The highest BCUT2D eigenvalue weighted by molar-refractivity contribution is 5.94. The van der Waals surface area contributed by atoms with E-state index in [1.807, 2.05) is 36.4 Å². The zero-order valence-electron chi connectivity index (χ0n) is 24.1. The molecule has 2 heterocycles. The van der Waals surface area contributed by atoms with Gasteiger partial charge in [-0.2, -0.15) is 0 Å². The van der Waals surface area contributed by atoms with Gasteiger partial charge in [-0.1, -0.05) is 84.9 Å². The molecule has 7 nitrogen and oxygen atoms in total. The minimum absolute atomic E-state index is 0.00294. The van der Waals surface area contributed by atoms with Gasteiger partial charge in [0, 0.05) is 38.9 Å². The van der Waals surface area contributed by atoms with Crippen LogP contribution in [0.15, 0.2) is 84.9 Å². The van der Waals surface area contributed by atoms with Crippen LogP contribution in [0.2, 0.25) is 0 Å². The number of nitrogens with one attached hydrogen (secondary N) is 2. The predicted octanol–water partition coefficient (Wildman–Crippen LogP) is 3.93. The molecule has 3 amide bonds. The summed E-state index contributed by atoms with van der Waals surface area (Å²) in [7, 11) is 1.76. The second-order valence-electron chi connectivity index (χ2n) is 11.6. The van der Waals surface area contributed by atoms with Crippen LogP contribution in [0.25, 0.3) is 21.5 Å². The van der Waals surface area contributed by atoms with Crippen LogP contribution < -0.4 is 10.6 Å². The van der Waals surface area contributed by atoms with E-state index >= 15 is 0 Å². The molecule has 2 aliphatic heterocycles. The quantitative estimate of drug-likeness (QED) is 0.358. The molecule has 2 fully saturated rings. The average Bonchev–Trinajstić information content (AvgIpc) is 3.04. The number of hydrogen-bond acceptors (Lipinski definition) is 4. The molecule has 6 rings (SSSR count). The van der Waals surface area contributed by atoms with Crippen molar-refractivity contribution in [3.05, 3.63) is 96.1 Å². The molecule has 0 spiro atoms.